The Kier molecular flexibility index (Phi) is 8.53. The van der Waals surface area contributed by atoms with Crippen molar-refractivity contribution in [3.05, 3.63) is 114 Å². The molecule has 1 heterocycles. The number of methoxy groups -OCH3 is 1. The fourth-order valence-corrected chi connectivity index (χ4v) is 4.59. The van der Waals surface area contributed by atoms with Gasteiger partial charge in [-0.05, 0) is 61.0 Å². The van der Waals surface area contributed by atoms with E-state index in [2.05, 4.69) is 20.7 Å². The van der Waals surface area contributed by atoms with Crippen molar-refractivity contribution in [1.82, 2.24) is 20.2 Å². The van der Waals surface area contributed by atoms with Gasteiger partial charge in [0.15, 0.2) is 11.0 Å². The molecule has 1 aromatic heterocycles. The highest BCUT2D eigenvalue weighted by Crippen LogP contribution is 2.29. The average Bonchev–Trinajstić information content (AvgIpc) is 3.41. The number of nitrogens with one attached hydrogen (secondary N) is 1. The van der Waals surface area contributed by atoms with Crippen LogP contribution < -0.4 is 14.9 Å². The van der Waals surface area contributed by atoms with Gasteiger partial charge in [-0.2, -0.15) is 5.10 Å². The minimum atomic E-state index is -0.265. The molecule has 0 unspecified atom stereocenters. The molecule has 0 saturated heterocycles. The number of carbonyl (C=O) groups is 1. The van der Waals surface area contributed by atoms with Gasteiger partial charge in [0.1, 0.15) is 17.2 Å². The lowest BCUT2D eigenvalue weighted by molar-refractivity contribution is -0.118. The monoisotopic (exact) mass is 549 g/mol. The molecule has 1 N–H and O–H groups in total. The molecular weight excluding hydrogens is 522 g/mol. The maximum Gasteiger partial charge on any atom is 0.250 e. The molecular formula is C31H27N5O3S. The van der Waals surface area contributed by atoms with Gasteiger partial charge in [0.05, 0.1) is 19.1 Å². The zero-order chi connectivity index (χ0) is 27.7. The number of thioether (sulfide) groups is 1. The van der Waals surface area contributed by atoms with Crippen LogP contribution in [-0.4, -0.2) is 39.7 Å². The number of ether oxygens (including phenoxy) is 2. The van der Waals surface area contributed by atoms with Gasteiger partial charge >= 0.3 is 0 Å². The van der Waals surface area contributed by atoms with Crippen LogP contribution in [0.2, 0.25) is 0 Å². The molecule has 5 rings (SSSR count). The smallest absolute Gasteiger partial charge is 0.250 e. The van der Waals surface area contributed by atoms with Gasteiger partial charge in [0.2, 0.25) is 0 Å². The van der Waals surface area contributed by atoms with E-state index >= 15 is 0 Å². The van der Waals surface area contributed by atoms with Crippen molar-refractivity contribution < 1.29 is 14.3 Å². The Bertz CT molecular complexity index is 1600. The van der Waals surface area contributed by atoms with Crippen LogP contribution in [0.5, 0.6) is 17.2 Å². The number of para-hydroxylation sites is 1. The van der Waals surface area contributed by atoms with Crippen molar-refractivity contribution in [2.45, 2.75) is 12.1 Å². The summed E-state index contributed by atoms with van der Waals surface area (Å²) in [7, 11) is 1.63. The largest absolute Gasteiger partial charge is 0.497 e. The standard InChI is InChI=1S/C31H27N5O3S/c1-22-11-13-24(14-12-22)30-34-35-31(36(30)25-15-17-26(38-2)18-16-25)40-21-29(37)33-32-20-23-7-6-10-28(19-23)39-27-8-4-3-5-9-27/h3-20H,21H2,1-2H3,(H,33,37)/b32-20-. The molecule has 40 heavy (non-hydrogen) atoms. The van der Waals surface area contributed by atoms with Crippen molar-refractivity contribution in [3.63, 3.8) is 0 Å². The molecule has 0 bridgehead atoms. The molecule has 5 aromatic rings. The lowest BCUT2D eigenvalue weighted by Crippen LogP contribution is -2.20. The van der Waals surface area contributed by atoms with E-state index in [-0.39, 0.29) is 11.7 Å². The predicted octanol–water partition coefficient (Wildman–Crippen LogP) is 6.29. The average molecular weight is 550 g/mol. The number of carbonyl (C=O) groups excluding carboxylic acids is 1. The van der Waals surface area contributed by atoms with E-state index in [1.807, 2.05) is 115 Å². The molecule has 0 spiro atoms. The van der Waals surface area contributed by atoms with Crippen LogP contribution in [0, 0.1) is 6.92 Å². The number of benzene rings is 4. The van der Waals surface area contributed by atoms with Crippen molar-refractivity contribution in [2.24, 2.45) is 5.10 Å². The van der Waals surface area contributed by atoms with Crippen molar-refractivity contribution in [2.75, 3.05) is 12.9 Å². The number of hydrogen-bond acceptors (Lipinski definition) is 7. The van der Waals surface area contributed by atoms with Gasteiger partial charge in [-0.25, -0.2) is 5.43 Å². The maximum atomic E-state index is 12.6. The summed E-state index contributed by atoms with van der Waals surface area (Å²) in [5.74, 6) is 2.70. The van der Waals surface area contributed by atoms with Gasteiger partial charge in [0.25, 0.3) is 5.91 Å². The van der Waals surface area contributed by atoms with Crippen LogP contribution in [0.3, 0.4) is 0 Å². The second-order valence-electron chi connectivity index (χ2n) is 8.78. The Morgan fingerprint density at radius 3 is 2.40 bits per heavy atom. The van der Waals surface area contributed by atoms with Crippen molar-refractivity contribution >= 4 is 23.9 Å². The zero-order valence-electron chi connectivity index (χ0n) is 22.0. The minimum Gasteiger partial charge on any atom is -0.497 e. The molecule has 200 valence electrons. The Morgan fingerprint density at radius 2 is 1.65 bits per heavy atom. The Balaban J connectivity index is 1.26. The molecule has 0 saturated carbocycles. The van der Waals surface area contributed by atoms with E-state index in [0.29, 0.717) is 16.7 Å². The quantitative estimate of drug-likeness (QED) is 0.125. The summed E-state index contributed by atoms with van der Waals surface area (Å²) in [5, 5.41) is 13.5. The van der Waals surface area contributed by atoms with Crippen LogP contribution in [0.25, 0.3) is 17.1 Å². The van der Waals surface area contributed by atoms with Crippen LogP contribution >= 0.6 is 11.8 Å². The summed E-state index contributed by atoms with van der Waals surface area (Å²) >= 11 is 1.28. The fraction of sp³-hybridized carbons (Fsp3) is 0.0968. The molecule has 4 aromatic carbocycles. The van der Waals surface area contributed by atoms with E-state index in [4.69, 9.17) is 9.47 Å². The van der Waals surface area contributed by atoms with Gasteiger partial charge < -0.3 is 9.47 Å². The van der Waals surface area contributed by atoms with E-state index in [1.165, 1.54) is 11.8 Å². The van der Waals surface area contributed by atoms with Gasteiger partial charge in [-0.1, -0.05) is 71.9 Å². The molecule has 0 aliphatic heterocycles. The predicted molar refractivity (Wildman–Crippen MR) is 158 cm³/mol. The SMILES string of the molecule is COc1ccc(-n2c(SCC(=O)N/N=C\c3cccc(Oc4ccccc4)c3)nnc2-c2ccc(C)cc2)cc1. The van der Waals surface area contributed by atoms with E-state index in [1.54, 1.807) is 13.3 Å². The van der Waals surface area contributed by atoms with Gasteiger partial charge in [-0.15, -0.1) is 10.2 Å². The molecule has 0 radical (unpaired) electrons. The highest BCUT2D eigenvalue weighted by atomic mass is 32.2. The summed E-state index contributed by atoms with van der Waals surface area (Å²) in [4.78, 5) is 12.6. The highest BCUT2D eigenvalue weighted by Gasteiger charge is 2.17. The minimum absolute atomic E-state index is 0.108. The van der Waals surface area contributed by atoms with E-state index in [9.17, 15) is 4.79 Å². The Labute approximate surface area is 236 Å². The number of rotatable bonds is 10. The molecule has 0 aliphatic rings. The topological polar surface area (TPSA) is 90.6 Å². The first-order chi connectivity index (χ1) is 19.6. The van der Waals surface area contributed by atoms with E-state index < -0.39 is 0 Å². The summed E-state index contributed by atoms with van der Waals surface area (Å²) in [6.07, 6.45) is 1.58. The number of amides is 1. The van der Waals surface area contributed by atoms with E-state index in [0.717, 1.165) is 33.9 Å². The molecule has 0 fully saturated rings. The first-order valence-electron chi connectivity index (χ1n) is 12.5. The Hall–Kier alpha value is -4.89. The molecule has 9 heteroatoms. The second kappa shape index (κ2) is 12.8. The van der Waals surface area contributed by atoms with Crippen molar-refractivity contribution in [1.29, 1.82) is 0 Å². The zero-order valence-corrected chi connectivity index (χ0v) is 22.8. The van der Waals surface area contributed by atoms with Gasteiger partial charge in [-0.3, -0.25) is 9.36 Å². The molecule has 1 amide bonds. The van der Waals surface area contributed by atoms with Crippen LogP contribution in [0.1, 0.15) is 11.1 Å². The van der Waals surface area contributed by atoms with Crippen LogP contribution in [0.4, 0.5) is 0 Å². The Morgan fingerprint density at radius 1 is 0.900 bits per heavy atom. The van der Waals surface area contributed by atoms with Gasteiger partial charge in [0, 0.05) is 11.3 Å². The third-order valence-corrected chi connectivity index (χ3v) is 6.77. The third kappa shape index (κ3) is 6.75. The summed E-state index contributed by atoms with van der Waals surface area (Å²) in [6, 6.07) is 32.7. The number of aromatic nitrogens is 3. The number of hydrogen-bond donors (Lipinski definition) is 1. The van der Waals surface area contributed by atoms with Crippen molar-refractivity contribution in [3.8, 4) is 34.3 Å². The lowest BCUT2D eigenvalue weighted by atomic mass is 10.1. The lowest BCUT2D eigenvalue weighted by Gasteiger charge is -2.11. The number of hydrazone groups is 1. The molecule has 0 atom stereocenters. The van der Waals surface area contributed by atoms with Crippen LogP contribution in [-0.2, 0) is 4.79 Å². The second-order valence-corrected chi connectivity index (χ2v) is 9.72. The normalized spacial score (nSPS) is 10.9. The molecule has 8 nitrogen and oxygen atoms in total. The summed E-state index contributed by atoms with van der Waals surface area (Å²) in [6.45, 7) is 2.04. The summed E-state index contributed by atoms with van der Waals surface area (Å²) in [5.41, 5.74) is 6.32. The highest BCUT2D eigenvalue weighted by molar-refractivity contribution is 7.99. The summed E-state index contributed by atoms with van der Waals surface area (Å²) < 4.78 is 13.1. The first-order valence-corrected chi connectivity index (χ1v) is 13.5. The first kappa shape index (κ1) is 26.7. The molecule has 0 aliphatic carbocycles. The maximum absolute atomic E-state index is 12.6. The number of nitrogens with zero attached hydrogens (tertiary/aromatic N) is 4. The van der Waals surface area contributed by atoms with Crippen LogP contribution in [0.15, 0.2) is 113 Å². The third-order valence-electron chi connectivity index (χ3n) is 5.85. The fourth-order valence-electron chi connectivity index (χ4n) is 3.84. The number of aryl methyl sites for hydroxylation is 1.